The first-order valence-corrected chi connectivity index (χ1v) is 15.1. The van der Waals surface area contributed by atoms with Crippen LogP contribution in [0, 0.1) is 5.82 Å². The molecule has 204 valence electrons. The molecule has 3 N–H and O–H groups in total. The molecule has 7 nitrogen and oxygen atoms in total. The van der Waals surface area contributed by atoms with Gasteiger partial charge in [0.2, 0.25) is 5.91 Å². The lowest BCUT2D eigenvalue weighted by Crippen LogP contribution is -2.57. The number of β-lactam (4-membered cyclic amide) rings is 1. The molecule has 40 heavy (non-hydrogen) atoms. The van der Waals surface area contributed by atoms with E-state index in [1.54, 1.807) is 35.2 Å². The third-order valence-corrected chi connectivity index (χ3v) is 8.99. The van der Waals surface area contributed by atoms with E-state index in [1.165, 1.54) is 48.2 Å². The average Bonchev–Trinajstić information content (AvgIpc) is 2.94. The molecule has 1 amide bonds. The molecule has 1 fully saturated rings. The van der Waals surface area contributed by atoms with Crippen molar-refractivity contribution in [3.8, 4) is 16.9 Å². The Kier molecular flexibility index (Phi) is 7.92. The van der Waals surface area contributed by atoms with Crippen LogP contribution in [0.4, 0.5) is 10.1 Å². The molecule has 0 bridgehead atoms. The number of nitrogens with zero attached hydrogens (tertiary/aromatic N) is 1. The SMILES string of the molecule is O=C(CCSC1C(=O)N(c2ccccc2)C1c1ccc(-c2ccc(P(=O)(O)O)cc2)cc1O)c1ccc(F)cc1. The lowest BCUT2D eigenvalue weighted by molar-refractivity contribution is -0.123. The van der Waals surface area contributed by atoms with Gasteiger partial charge in [-0.05, 0) is 65.7 Å². The van der Waals surface area contributed by atoms with Crippen LogP contribution >= 0.6 is 19.4 Å². The van der Waals surface area contributed by atoms with E-state index in [0.717, 1.165) is 0 Å². The van der Waals surface area contributed by atoms with E-state index >= 15 is 0 Å². The highest BCUT2D eigenvalue weighted by Gasteiger charge is 2.50. The van der Waals surface area contributed by atoms with E-state index in [0.29, 0.717) is 33.7 Å². The van der Waals surface area contributed by atoms with E-state index in [4.69, 9.17) is 0 Å². The minimum absolute atomic E-state index is 0.0250. The zero-order valence-electron chi connectivity index (χ0n) is 21.1. The van der Waals surface area contributed by atoms with Crippen LogP contribution in [0.25, 0.3) is 11.1 Å². The standard InChI is InChI=1S/C30H25FNO6PS/c31-22-11-6-20(7-12-22)26(33)16-17-40-29-28(32(30(29)35)23-4-2-1-3-5-23)25-15-10-21(18-27(25)34)19-8-13-24(14-9-19)39(36,37)38/h1-15,18,28-29,34H,16-17H2,(H2,36,37,38). The summed E-state index contributed by atoms with van der Waals surface area (Å²) in [4.78, 5) is 46.2. The van der Waals surface area contributed by atoms with Crippen molar-refractivity contribution in [3.05, 3.63) is 114 Å². The average molecular weight is 578 g/mol. The zero-order valence-corrected chi connectivity index (χ0v) is 22.8. The fourth-order valence-corrected chi connectivity index (χ4v) is 6.49. The number of ketones is 1. The number of carbonyl (C=O) groups excluding carboxylic acids is 2. The summed E-state index contributed by atoms with van der Waals surface area (Å²) in [7, 11) is -4.37. The number of para-hydroxylation sites is 1. The molecule has 2 atom stereocenters. The zero-order chi connectivity index (χ0) is 28.4. The van der Waals surface area contributed by atoms with Crippen LogP contribution < -0.4 is 10.2 Å². The monoisotopic (exact) mass is 577 g/mol. The molecule has 1 aliphatic heterocycles. The summed E-state index contributed by atoms with van der Waals surface area (Å²) in [6, 6.07) is 24.9. The number of carbonyl (C=O) groups is 2. The normalized spacial score (nSPS) is 17.0. The number of anilines is 1. The molecule has 2 unspecified atom stereocenters. The molecule has 0 spiro atoms. The fourth-order valence-electron chi connectivity index (χ4n) is 4.68. The third kappa shape index (κ3) is 5.74. The Hall–Kier alpha value is -3.75. The van der Waals surface area contributed by atoms with E-state index in [9.17, 15) is 33.4 Å². The smallest absolute Gasteiger partial charge is 0.356 e. The molecular weight excluding hydrogens is 552 g/mol. The van der Waals surface area contributed by atoms with Gasteiger partial charge in [0, 0.05) is 29.0 Å². The molecule has 1 heterocycles. The van der Waals surface area contributed by atoms with Crippen LogP contribution in [-0.4, -0.2) is 37.6 Å². The van der Waals surface area contributed by atoms with E-state index in [2.05, 4.69) is 0 Å². The number of phenolic OH excluding ortho intramolecular Hbond substituents is 1. The number of hydrogen-bond donors (Lipinski definition) is 3. The maximum atomic E-state index is 13.3. The highest BCUT2D eigenvalue weighted by molar-refractivity contribution is 8.00. The summed E-state index contributed by atoms with van der Waals surface area (Å²) in [5.74, 6) is -0.349. The van der Waals surface area contributed by atoms with Gasteiger partial charge < -0.3 is 19.8 Å². The van der Waals surface area contributed by atoms with Gasteiger partial charge in [-0.15, -0.1) is 11.8 Å². The molecule has 0 aliphatic carbocycles. The largest absolute Gasteiger partial charge is 0.508 e. The number of phenols is 1. The topological polar surface area (TPSA) is 115 Å². The molecule has 4 aromatic carbocycles. The number of aromatic hydroxyl groups is 1. The molecule has 10 heteroatoms. The van der Waals surface area contributed by atoms with E-state index in [-0.39, 0.29) is 29.2 Å². The van der Waals surface area contributed by atoms with Gasteiger partial charge in [0.05, 0.1) is 11.3 Å². The third-order valence-electron chi connectivity index (χ3n) is 6.76. The quantitative estimate of drug-likeness (QED) is 0.137. The van der Waals surface area contributed by atoms with Crippen molar-refractivity contribution in [1.29, 1.82) is 0 Å². The fraction of sp³-hybridized carbons (Fsp3) is 0.133. The summed E-state index contributed by atoms with van der Waals surface area (Å²) in [5, 5.41) is 10.4. The molecule has 1 saturated heterocycles. The maximum Gasteiger partial charge on any atom is 0.356 e. The Morgan fingerprint density at radius 1 is 0.900 bits per heavy atom. The van der Waals surface area contributed by atoms with Crippen molar-refractivity contribution in [2.24, 2.45) is 0 Å². The summed E-state index contributed by atoms with van der Waals surface area (Å²) in [6.07, 6.45) is 0.174. The predicted molar refractivity (Wildman–Crippen MR) is 153 cm³/mol. The molecule has 0 aromatic heterocycles. The van der Waals surface area contributed by atoms with Crippen LogP contribution in [0.1, 0.15) is 28.4 Å². The van der Waals surface area contributed by atoms with Crippen molar-refractivity contribution in [1.82, 2.24) is 0 Å². The highest BCUT2D eigenvalue weighted by atomic mass is 32.2. The summed E-state index contributed by atoms with van der Waals surface area (Å²) in [5.41, 5.74) is 2.94. The van der Waals surface area contributed by atoms with Gasteiger partial charge in [0.25, 0.3) is 0 Å². The number of halogens is 1. The second kappa shape index (κ2) is 11.4. The first-order valence-electron chi connectivity index (χ1n) is 12.4. The minimum Gasteiger partial charge on any atom is -0.508 e. The molecule has 4 aromatic rings. The molecule has 0 radical (unpaired) electrons. The van der Waals surface area contributed by atoms with Gasteiger partial charge >= 0.3 is 7.60 Å². The van der Waals surface area contributed by atoms with E-state index < -0.39 is 24.7 Å². The summed E-state index contributed by atoms with van der Waals surface area (Å²) < 4.78 is 24.7. The predicted octanol–water partition coefficient (Wildman–Crippen LogP) is 5.46. The number of thioether (sulfide) groups is 1. The van der Waals surface area contributed by atoms with Crippen molar-refractivity contribution in [3.63, 3.8) is 0 Å². The van der Waals surface area contributed by atoms with Gasteiger partial charge in [-0.25, -0.2) is 4.39 Å². The maximum absolute atomic E-state index is 13.3. The minimum atomic E-state index is -4.37. The lowest BCUT2D eigenvalue weighted by Gasteiger charge is -2.47. The second-order valence-corrected chi connectivity index (χ2v) is 12.2. The number of hydrogen-bond acceptors (Lipinski definition) is 5. The van der Waals surface area contributed by atoms with Gasteiger partial charge in [-0.3, -0.25) is 14.2 Å². The Morgan fingerprint density at radius 3 is 2.17 bits per heavy atom. The number of benzene rings is 4. The van der Waals surface area contributed by atoms with Crippen LogP contribution in [0.2, 0.25) is 0 Å². The molecule has 0 saturated carbocycles. The Morgan fingerprint density at radius 2 is 1.55 bits per heavy atom. The summed E-state index contributed by atoms with van der Waals surface area (Å²) in [6.45, 7) is 0. The van der Waals surface area contributed by atoms with Crippen LogP contribution in [-0.2, 0) is 9.36 Å². The van der Waals surface area contributed by atoms with Crippen LogP contribution in [0.3, 0.4) is 0 Å². The van der Waals surface area contributed by atoms with Crippen molar-refractivity contribution >= 4 is 42.0 Å². The number of amides is 1. The summed E-state index contributed by atoms with van der Waals surface area (Å²) >= 11 is 1.34. The lowest BCUT2D eigenvalue weighted by atomic mass is 9.90. The number of rotatable bonds is 9. The Bertz CT molecular complexity index is 1590. The van der Waals surface area contributed by atoms with Crippen LogP contribution in [0.5, 0.6) is 5.75 Å². The number of Topliss-reactive ketones (excluding diaryl/α,β-unsaturated/α-hetero) is 1. The highest BCUT2D eigenvalue weighted by Crippen LogP contribution is 2.48. The van der Waals surface area contributed by atoms with Gasteiger partial charge in [0.15, 0.2) is 5.78 Å². The van der Waals surface area contributed by atoms with Crippen LogP contribution in [0.15, 0.2) is 97.1 Å². The first kappa shape index (κ1) is 27.8. The van der Waals surface area contributed by atoms with Crippen molar-refractivity contribution in [2.45, 2.75) is 17.7 Å². The van der Waals surface area contributed by atoms with Gasteiger partial charge in [0.1, 0.15) is 16.8 Å². The Labute approximate surface area is 234 Å². The first-order chi connectivity index (χ1) is 19.1. The van der Waals surface area contributed by atoms with Gasteiger partial charge in [-0.1, -0.05) is 42.5 Å². The second-order valence-electron chi connectivity index (χ2n) is 9.32. The van der Waals surface area contributed by atoms with E-state index in [1.807, 2.05) is 30.3 Å². The molecule has 1 aliphatic rings. The van der Waals surface area contributed by atoms with Gasteiger partial charge in [-0.2, -0.15) is 0 Å². The molecular formula is C30H25FNO6PS. The molecule has 5 rings (SSSR count). The van der Waals surface area contributed by atoms with Crippen molar-refractivity contribution < 1.29 is 33.4 Å². The Balaban J connectivity index is 1.37. The van der Waals surface area contributed by atoms with Crippen molar-refractivity contribution in [2.75, 3.05) is 10.7 Å².